The van der Waals surface area contributed by atoms with Crippen LogP contribution in [0.3, 0.4) is 0 Å². The van der Waals surface area contributed by atoms with Gasteiger partial charge in [-0.15, -0.1) is 0 Å². The summed E-state index contributed by atoms with van der Waals surface area (Å²) < 4.78 is 31.4. The standard InChI is InChI=1S/C16H17ClN2O4S/c1-10-12(17)5-4-6-13(10)19-16(20)11-7-8-14(23-3)15(9-11)24(21,22)18-2/h4-9,18H,1-3H3,(H,19,20). The van der Waals surface area contributed by atoms with E-state index in [1.54, 1.807) is 25.1 Å². The molecule has 2 aromatic rings. The molecule has 0 atom stereocenters. The van der Waals surface area contributed by atoms with Crippen LogP contribution in [0.1, 0.15) is 15.9 Å². The molecule has 0 spiro atoms. The normalized spacial score (nSPS) is 11.2. The van der Waals surface area contributed by atoms with Crippen LogP contribution < -0.4 is 14.8 Å². The van der Waals surface area contributed by atoms with Gasteiger partial charge in [0.15, 0.2) is 0 Å². The molecule has 1 amide bonds. The van der Waals surface area contributed by atoms with E-state index in [9.17, 15) is 13.2 Å². The predicted molar refractivity (Wildman–Crippen MR) is 93.4 cm³/mol. The van der Waals surface area contributed by atoms with Crippen LogP contribution >= 0.6 is 11.6 Å². The summed E-state index contributed by atoms with van der Waals surface area (Å²) in [6, 6.07) is 9.34. The zero-order chi connectivity index (χ0) is 17.9. The Hall–Kier alpha value is -2.09. The molecule has 128 valence electrons. The average molecular weight is 369 g/mol. The van der Waals surface area contributed by atoms with E-state index in [4.69, 9.17) is 16.3 Å². The molecule has 0 aliphatic rings. The third-order valence-electron chi connectivity index (χ3n) is 3.50. The molecule has 0 fully saturated rings. The molecule has 0 aliphatic carbocycles. The quantitative estimate of drug-likeness (QED) is 0.849. The van der Waals surface area contributed by atoms with Gasteiger partial charge in [-0.2, -0.15) is 0 Å². The molecule has 0 aliphatic heterocycles. The van der Waals surface area contributed by atoms with E-state index >= 15 is 0 Å². The maximum atomic E-state index is 12.4. The number of halogens is 1. The number of anilines is 1. The smallest absolute Gasteiger partial charge is 0.255 e. The number of methoxy groups -OCH3 is 1. The molecule has 0 radical (unpaired) electrons. The zero-order valence-electron chi connectivity index (χ0n) is 13.4. The molecule has 0 saturated heterocycles. The fourth-order valence-corrected chi connectivity index (χ4v) is 3.17. The van der Waals surface area contributed by atoms with Crippen LogP contribution in [0, 0.1) is 6.92 Å². The first-order valence-electron chi connectivity index (χ1n) is 6.98. The van der Waals surface area contributed by atoms with E-state index in [1.165, 1.54) is 32.4 Å². The number of carbonyl (C=O) groups is 1. The van der Waals surface area contributed by atoms with Gasteiger partial charge in [0.05, 0.1) is 7.11 Å². The Labute approximate surface area is 145 Å². The third kappa shape index (κ3) is 3.69. The van der Waals surface area contributed by atoms with Gasteiger partial charge in [-0.3, -0.25) is 4.79 Å². The van der Waals surface area contributed by atoms with Crippen LogP contribution in [0.4, 0.5) is 5.69 Å². The van der Waals surface area contributed by atoms with E-state index in [1.807, 2.05) is 0 Å². The Morgan fingerprint density at radius 2 is 1.92 bits per heavy atom. The van der Waals surface area contributed by atoms with Crippen molar-refractivity contribution in [1.29, 1.82) is 0 Å². The van der Waals surface area contributed by atoms with Crippen molar-refractivity contribution in [3.8, 4) is 5.75 Å². The van der Waals surface area contributed by atoms with Crippen LogP contribution in [0.2, 0.25) is 5.02 Å². The van der Waals surface area contributed by atoms with E-state index < -0.39 is 15.9 Å². The number of nitrogens with one attached hydrogen (secondary N) is 2. The summed E-state index contributed by atoms with van der Waals surface area (Å²) in [5.41, 5.74) is 1.47. The van der Waals surface area contributed by atoms with E-state index in [0.29, 0.717) is 10.7 Å². The molecule has 0 heterocycles. The maximum absolute atomic E-state index is 12.4. The van der Waals surface area contributed by atoms with Gasteiger partial charge in [0.2, 0.25) is 10.0 Å². The van der Waals surface area contributed by atoms with Gasteiger partial charge in [-0.25, -0.2) is 13.1 Å². The summed E-state index contributed by atoms with van der Waals surface area (Å²) in [5.74, 6) is -0.296. The van der Waals surface area contributed by atoms with Crippen LogP contribution in [-0.2, 0) is 10.0 Å². The first-order valence-corrected chi connectivity index (χ1v) is 8.84. The second-order valence-electron chi connectivity index (χ2n) is 4.94. The van der Waals surface area contributed by atoms with Crippen molar-refractivity contribution in [2.45, 2.75) is 11.8 Å². The van der Waals surface area contributed by atoms with Gasteiger partial charge >= 0.3 is 0 Å². The molecular formula is C16H17ClN2O4S. The average Bonchev–Trinajstić information content (AvgIpc) is 2.58. The van der Waals surface area contributed by atoms with E-state index in [-0.39, 0.29) is 16.2 Å². The summed E-state index contributed by atoms with van der Waals surface area (Å²) in [7, 11) is -1.11. The highest BCUT2D eigenvalue weighted by Gasteiger charge is 2.20. The van der Waals surface area contributed by atoms with Gasteiger partial charge in [-0.1, -0.05) is 17.7 Å². The molecule has 2 rings (SSSR count). The van der Waals surface area contributed by atoms with Gasteiger partial charge in [0, 0.05) is 16.3 Å². The minimum absolute atomic E-state index is 0.108. The van der Waals surface area contributed by atoms with Crippen LogP contribution in [0.15, 0.2) is 41.3 Å². The SMILES string of the molecule is CNS(=O)(=O)c1cc(C(=O)Nc2cccc(Cl)c2C)ccc1OC. The fraction of sp³-hybridized carbons (Fsp3) is 0.188. The fourth-order valence-electron chi connectivity index (χ4n) is 2.08. The summed E-state index contributed by atoms with van der Waals surface area (Å²) in [4.78, 5) is 12.3. The molecule has 2 aromatic carbocycles. The molecule has 0 bridgehead atoms. The number of ether oxygens (including phenoxy) is 1. The highest BCUT2D eigenvalue weighted by atomic mass is 35.5. The monoisotopic (exact) mass is 368 g/mol. The molecular weight excluding hydrogens is 352 g/mol. The lowest BCUT2D eigenvalue weighted by Gasteiger charge is -2.12. The highest BCUT2D eigenvalue weighted by molar-refractivity contribution is 7.89. The van der Waals surface area contributed by atoms with Crippen molar-refractivity contribution in [2.24, 2.45) is 0 Å². The summed E-state index contributed by atoms with van der Waals surface area (Å²) in [5, 5.41) is 3.25. The number of carbonyl (C=O) groups excluding carboxylic acids is 1. The third-order valence-corrected chi connectivity index (χ3v) is 5.34. The zero-order valence-corrected chi connectivity index (χ0v) is 15.0. The number of benzene rings is 2. The van der Waals surface area contributed by atoms with Crippen molar-refractivity contribution in [2.75, 3.05) is 19.5 Å². The first-order chi connectivity index (χ1) is 11.3. The molecule has 0 aromatic heterocycles. The molecule has 8 heteroatoms. The van der Waals surface area contributed by atoms with Crippen molar-refractivity contribution >= 4 is 33.2 Å². The Kier molecular flexibility index (Phi) is 5.48. The van der Waals surface area contributed by atoms with Gasteiger partial charge in [-0.05, 0) is 49.9 Å². The largest absolute Gasteiger partial charge is 0.495 e. The van der Waals surface area contributed by atoms with Crippen molar-refractivity contribution in [3.05, 3.63) is 52.5 Å². The number of hydrogen-bond acceptors (Lipinski definition) is 4. The minimum atomic E-state index is -3.76. The highest BCUT2D eigenvalue weighted by Crippen LogP contribution is 2.26. The van der Waals surface area contributed by atoms with Gasteiger partial charge in [0.25, 0.3) is 5.91 Å². The number of amides is 1. The Balaban J connectivity index is 2.40. The summed E-state index contributed by atoms with van der Waals surface area (Å²) in [6.45, 7) is 1.78. The second-order valence-corrected chi connectivity index (χ2v) is 7.20. The lowest BCUT2D eigenvalue weighted by Crippen LogP contribution is -2.20. The predicted octanol–water partition coefficient (Wildman–Crippen LogP) is 2.82. The van der Waals surface area contributed by atoms with Crippen molar-refractivity contribution < 1.29 is 17.9 Å². The molecule has 6 nitrogen and oxygen atoms in total. The molecule has 0 unspecified atom stereocenters. The van der Waals surface area contributed by atoms with E-state index in [2.05, 4.69) is 10.0 Å². The Bertz CT molecular complexity index is 882. The van der Waals surface area contributed by atoms with Crippen LogP contribution in [0.25, 0.3) is 0 Å². The topological polar surface area (TPSA) is 84.5 Å². The lowest BCUT2D eigenvalue weighted by atomic mass is 10.1. The van der Waals surface area contributed by atoms with Crippen LogP contribution in [-0.4, -0.2) is 28.5 Å². The lowest BCUT2D eigenvalue weighted by molar-refractivity contribution is 0.102. The van der Waals surface area contributed by atoms with Crippen molar-refractivity contribution in [3.63, 3.8) is 0 Å². The number of hydrogen-bond donors (Lipinski definition) is 2. The molecule has 0 saturated carbocycles. The molecule has 24 heavy (non-hydrogen) atoms. The second kappa shape index (κ2) is 7.21. The number of rotatable bonds is 5. The first kappa shape index (κ1) is 18.3. The van der Waals surface area contributed by atoms with Crippen LogP contribution in [0.5, 0.6) is 5.75 Å². The van der Waals surface area contributed by atoms with Crippen molar-refractivity contribution in [1.82, 2.24) is 4.72 Å². The molecule has 2 N–H and O–H groups in total. The number of sulfonamides is 1. The maximum Gasteiger partial charge on any atom is 0.255 e. The van der Waals surface area contributed by atoms with E-state index in [0.717, 1.165) is 5.56 Å². The summed E-state index contributed by atoms with van der Waals surface area (Å²) >= 11 is 6.03. The Morgan fingerprint density at radius 1 is 1.21 bits per heavy atom. The summed E-state index contributed by atoms with van der Waals surface area (Å²) in [6.07, 6.45) is 0. The van der Waals surface area contributed by atoms with Gasteiger partial charge < -0.3 is 10.1 Å². The minimum Gasteiger partial charge on any atom is -0.495 e. The Morgan fingerprint density at radius 3 is 2.54 bits per heavy atom. The van der Waals surface area contributed by atoms with Gasteiger partial charge in [0.1, 0.15) is 10.6 Å².